The number of carbonyl (C=O) groups excluding carboxylic acids is 1. The van der Waals surface area contributed by atoms with Crippen molar-refractivity contribution in [1.29, 1.82) is 0 Å². The first-order chi connectivity index (χ1) is 11.1. The minimum absolute atomic E-state index is 0.972. The van der Waals surface area contributed by atoms with E-state index in [4.69, 9.17) is 9.90 Å². The number of aliphatic carboxylic acids is 1. The summed E-state index contributed by atoms with van der Waals surface area (Å²) in [6.45, 7) is 6.58. The number of pyridine rings is 1. The van der Waals surface area contributed by atoms with Crippen LogP contribution >= 0.6 is 0 Å². The zero-order chi connectivity index (χ0) is 17.3. The molecule has 0 amide bonds. The Bertz CT molecular complexity index is 383. The molecule has 0 atom stereocenters. The Morgan fingerprint density at radius 3 is 1.74 bits per heavy atom. The second-order valence-electron chi connectivity index (χ2n) is 6.29. The number of aryl methyl sites for hydroxylation is 2. The second-order valence-corrected chi connectivity index (χ2v) is 6.29. The predicted molar refractivity (Wildman–Crippen MR) is 93.9 cm³/mol. The molecule has 3 heteroatoms. The van der Waals surface area contributed by atoms with Gasteiger partial charge in [0.15, 0.2) is 12.4 Å². The van der Waals surface area contributed by atoms with Crippen molar-refractivity contribution in [3.8, 4) is 0 Å². The molecule has 0 aliphatic rings. The third-order valence-corrected chi connectivity index (χ3v) is 3.83. The van der Waals surface area contributed by atoms with Crippen LogP contribution in [0.2, 0.25) is 0 Å². The van der Waals surface area contributed by atoms with E-state index in [-0.39, 0.29) is 0 Å². The standard InChI is InChI=1S/C18H32N.C2H4O2/c1-3-4-5-6-7-8-9-10-11-12-15-19-16-13-18(2)14-17-19;1-2(3)4/h13-14,16-17H,3-12,15H2,1-2H3;1H3,(H,3,4)/q+1;/p-1. The molecule has 1 aromatic heterocycles. The zero-order valence-corrected chi connectivity index (χ0v) is 15.4. The summed E-state index contributed by atoms with van der Waals surface area (Å²) >= 11 is 0. The highest BCUT2D eigenvalue weighted by atomic mass is 16.4. The van der Waals surface area contributed by atoms with E-state index in [9.17, 15) is 0 Å². The van der Waals surface area contributed by atoms with Crippen molar-refractivity contribution in [2.24, 2.45) is 0 Å². The van der Waals surface area contributed by atoms with Crippen LogP contribution in [0.1, 0.15) is 83.6 Å². The minimum Gasteiger partial charge on any atom is -0.550 e. The summed E-state index contributed by atoms with van der Waals surface area (Å²) in [5.41, 5.74) is 1.35. The summed E-state index contributed by atoms with van der Waals surface area (Å²) in [6, 6.07) is 4.38. The fourth-order valence-electron chi connectivity index (χ4n) is 2.46. The number of aromatic nitrogens is 1. The van der Waals surface area contributed by atoms with Gasteiger partial charge >= 0.3 is 0 Å². The van der Waals surface area contributed by atoms with E-state index in [0.29, 0.717) is 0 Å². The molecule has 0 aliphatic carbocycles. The molecule has 132 valence electrons. The normalized spacial score (nSPS) is 10.0. The largest absolute Gasteiger partial charge is 0.550 e. The van der Waals surface area contributed by atoms with Crippen molar-refractivity contribution in [3.63, 3.8) is 0 Å². The van der Waals surface area contributed by atoms with Crippen LogP contribution in [-0.4, -0.2) is 5.97 Å². The smallest absolute Gasteiger partial charge is 0.169 e. The van der Waals surface area contributed by atoms with Gasteiger partial charge < -0.3 is 9.90 Å². The highest BCUT2D eigenvalue weighted by Crippen LogP contribution is 2.10. The maximum Gasteiger partial charge on any atom is 0.169 e. The molecule has 1 rings (SSSR count). The first-order valence-electron chi connectivity index (χ1n) is 9.19. The first kappa shape index (κ1) is 21.6. The van der Waals surface area contributed by atoms with E-state index in [2.05, 4.69) is 42.9 Å². The molecule has 0 aliphatic heterocycles. The van der Waals surface area contributed by atoms with Crippen molar-refractivity contribution >= 4 is 5.97 Å². The third-order valence-electron chi connectivity index (χ3n) is 3.83. The fourth-order valence-corrected chi connectivity index (χ4v) is 2.46. The van der Waals surface area contributed by atoms with E-state index in [1.165, 1.54) is 76.3 Å². The van der Waals surface area contributed by atoms with Gasteiger partial charge in [0.05, 0.1) is 0 Å². The SMILES string of the molecule is CC(=O)[O-].CCCCCCCCCCCC[n+]1ccc(C)cc1. The maximum atomic E-state index is 8.89. The van der Waals surface area contributed by atoms with Gasteiger partial charge in [-0.25, -0.2) is 4.57 Å². The van der Waals surface area contributed by atoms with Gasteiger partial charge in [-0.2, -0.15) is 0 Å². The Morgan fingerprint density at radius 2 is 1.30 bits per heavy atom. The number of hydrogen-bond donors (Lipinski definition) is 0. The van der Waals surface area contributed by atoms with Gasteiger partial charge in [0, 0.05) is 24.5 Å². The lowest BCUT2D eigenvalue weighted by atomic mass is 10.1. The molecule has 0 bridgehead atoms. The topological polar surface area (TPSA) is 44.0 Å². The van der Waals surface area contributed by atoms with E-state index in [0.717, 1.165) is 6.92 Å². The number of carboxylic acids is 1. The Morgan fingerprint density at radius 1 is 0.913 bits per heavy atom. The van der Waals surface area contributed by atoms with Crippen molar-refractivity contribution < 1.29 is 14.5 Å². The number of carbonyl (C=O) groups is 1. The molecule has 0 radical (unpaired) electrons. The molecule has 3 nitrogen and oxygen atoms in total. The lowest BCUT2D eigenvalue weighted by Gasteiger charge is -2.01. The second kappa shape index (κ2) is 15.5. The van der Waals surface area contributed by atoms with Crippen LogP contribution in [-0.2, 0) is 11.3 Å². The quantitative estimate of drug-likeness (QED) is 0.457. The molecule has 0 saturated carbocycles. The molecule has 0 aromatic carbocycles. The van der Waals surface area contributed by atoms with Gasteiger partial charge in [-0.15, -0.1) is 0 Å². The maximum absolute atomic E-state index is 8.89. The molecule has 0 spiro atoms. The summed E-state index contributed by atoms with van der Waals surface area (Å²) in [4.78, 5) is 8.89. The third kappa shape index (κ3) is 16.8. The molecule has 0 unspecified atom stereocenters. The fraction of sp³-hybridized carbons (Fsp3) is 0.700. The van der Waals surface area contributed by atoms with Crippen LogP contribution < -0.4 is 9.67 Å². The predicted octanol–water partition coefficient (Wildman–Crippen LogP) is 3.96. The van der Waals surface area contributed by atoms with Crippen LogP contribution in [0, 0.1) is 6.92 Å². The summed E-state index contributed by atoms with van der Waals surface area (Å²) < 4.78 is 2.30. The van der Waals surface area contributed by atoms with Crippen LogP contribution in [0.15, 0.2) is 24.5 Å². The Labute approximate surface area is 142 Å². The average molecular weight is 322 g/mol. The summed E-state index contributed by atoms with van der Waals surface area (Å²) in [5.74, 6) is -1.08. The van der Waals surface area contributed by atoms with Crippen molar-refractivity contribution in [2.45, 2.75) is 91.5 Å². The first-order valence-corrected chi connectivity index (χ1v) is 9.19. The Hall–Kier alpha value is -1.38. The molecule has 0 saturated heterocycles. The number of hydrogen-bond acceptors (Lipinski definition) is 2. The van der Waals surface area contributed by atoms with E-state index < -0.39 is 5.97 Å². The van der Waals surface area contributed by atoms with Gasteiger partial charge in [0.2, 0.25) is 0 Å². The molecular weight excluding hydrogens is 286 g/mol. The molecular formula is C20H35NO2. The van der Waals surface area contributed by atoms with Crippen molar-refractivity contribution in [1.82, 2.24) is 0 Å². The lowest BCUT2D eigenvalue weighted by Crippen LogP contribution is -2.32. The minimum atomic E-state index is -1.08. The summed E-state index contributed by atoms with van der Waals surface area (Å²) in [6.07, 6.45) is 18.5. The van der Waals surface area contributed by atoms with Crippen molar-refractivity contribution in [3.05, 3.63) is 30.1 Å². The van der Waals surface area contributed by atoms with Crippen LogP contribution in [0.3, 0.4) is 0 Å². The molecule has 1 heterocycles. The van der Waals surface area contributed by atoms with Gasteiger partial charge in [0.25, 0.3) is 0 Å². The summed E-state index contributed by atoms with van der Waals surface area (Å²) in [7, 11) is 0. The van der Waals surface area contributed by atoms with E-state index in [1.54, 1.807) is 0 Å². The van der Waals surface area contributed by atoms with E-state index >= 15 is 0 Å². The van der Waals surface area contributed by atoms with E-state index in [1.807, 2.05) is 0 Å². The van der Waals surface area contributed by atoms with Crippen LogP contribution in [0.4, 0.5) is 0 Å². The molecule has 1 aromatic rings. The van der Waals surface area contributed by atoms with Crippen LogP contribution in [0.5, 0.6) is 0 Å². The highest BCUT2D eigenvalue weighted by Gasteiger charge is 1.99. The van der Waals surface area contributed by atoms with Crippen molar-refractivity contribution in [2.75, 3.05) is 0 Å². The summed E-state index contributed by atoms with van der Waals surface area (Å²) in [5, 5.41) is 8.89. The molecule has 0 fully saturated rings. The van der Waals surface area contributed by atoms with Crippen LogP contribution in [0.25, 0.3) is 0 Å². The Kier molecular flexibility index (Phi) is 14.6. The van der Waals surface area contributed by atoms with Gasteiger partial charge in [0.1, 0.15) is 6.54 Å². The average Bonchev–Trinajstić information content (AvgIpc) is 2.50. The zero-order valence-electron chi connectivity index (χ0n) is 15.4. The number of carboxylic acid groups (broad SMARTS) is 1. The number of nitrogens with zero attached hydrogens (tertiary/aromatic N) is 1. The number of unbranched alkanes of at least 4 members (excludes halogenated alkanes) is 9. The highest BCUT2D eigenvalue weighted by molar-refractivity contribution is 5.60. The molecule has 23 heavy (non-hydrogen) atoms. The van der Waals surface area contributed by atoms with Gasteiger partial charge in [-0.05, 0) is 25.8 Å². The number of rotatable bonds is 11. The lowest BCUT2D eigenvalue weighted by molar-refractivity contribution is -0.697. The van der Waals surface area contributed by atoms with Gasteiger partial charge in [-0.3, -0.25) is 0 Å². The monoisotopic (exact) mass is 321 g/mol. The molecule has 0 N–H and O–H groups in total. The Balaban J connectivity index is 0.00000108. The van der Waals surface area contributed by atoms with Gasteiger partial charge in [-0.1, -0.05) is 58.3 Å².